The van der Waals surface area contributed by atoms with Gasteiger partial charge in [0.25, 0.3) is 11.6 Å². The molecule has 13 heteroatoms. The van der Waals surface area contributed by atoms with Crippen LogP contribution in [0.25, 0.3) is 22.3 Å². The van der Waals surface area contributed by atoms with Crippen LogP contribution in [0.3, 0.4) is 0 Å². The number of halogens is 1. The molecule has 41 heavy (non-hydrogen) atoms. The second-order valence-electron chi connectivity index (χ2n) is 9.61. The number of hydrogen-bond donors (Lipinski definition) is 2. The van der Waals surface area contributed by atoms with Gasteiger partial charge in [0, 0.05) is 46.6 Å². The van der Waals surface area contributed by atoms with E-state index in [0.29, 0.717) is 22.1 Å². The SMILES string of the molecule is CNC(=O)c1c(-c2ccc(F)cc2)oc2cc(CN(c3ccc([N+](=O)[O-])c(CC(=O)O)c3)S(=O)[O-])c(C3CC3)cc12. The predicted molar refractivity (Wildman–Crippen MR) is 147 cm³/mol. The Morgan fingerprint density at radius 2 is 1.85 bits per heavy atom. The fourth-order valence-corrected chi connectivity index (χ4v) is 5.39. The first-order valence-electron chi connectivity index (χ1n) is 12.5. The zero-order valence-corrected chi connectivity index (χ0v) is 22.4. The average Bonchev–Trinajstić information content (AvgIpc) is 3.71. The fourth-order valence-electron chi connectivity index (χ4n) is 4.86. The third-order valence-corrected chi connectivity index (χ3v) is 7.61. The first-order valence-corrected chi connectivity index (χ1v) is 13.5. The molecule has 0 bridgehead atoms. The molecule has 4 aromatic rings. The molecule has 1 unspecified atom stereocenters. The summed E-state index contributed by atoms with van der Waals surface area (Å²) in [6, 6.07) is 12.5. The number of nitrogens with one attached hydrogen (secondary N) is 1. The van der Waals surface area contributed by atoms with E-state index in [-0.39, 0.29) is 35.0 Å². The molecule has 1 aromatic heterocycles. The van der Waals surface area contributed by atoms with Crippen molar-refractivity contribution in [2.24, 2.45) is 0 Å². The molecule has 1 aliphatic carbocycles. The van der Waals surface area contributed by atoms with Gasteiger partial charge in [-0.15, -0.1) is 0 Å². The van der Waals surface area contributed by atoms with Crippen molar-refractivity contribution < 1.29 is 37.2 Å². The first-order chi connectivity index (χ1) is 19.6. The minimum Gasteiger partial charge on any atom is -0.755 e. The molecule has 1 atom stereocenters. The van der Waals surface area contributed by atoms with E-state index < -0.39 is 46.0 Å². The average molecular weight is 581 g/mol. The number of carboxylic acid groups (broad SMARTS) is 1. The molecule has 1 amide bonds. The first kappa shape index (κ1) is 27.9. The van der Waals surface area contributed by atoms with Crippen LogP contribution in [0, 0.1) is 15.9 Å². The Balaban J connectivity index is 1.63. The van der Waals surface area contributed by atoms with Crippen molar-refractivity contribution in [3.8, 4) is 11.3 Å². The number of rotatable bonds is 10. The second kappa shape index (κ2) is 11.1. The van der Waals surface area contributed by atoms with Crippen LogP contribution in [-0.4, -0.2) is 37.7 Å². The van der Waals surface area contributed by atoms with E-state index in [9.17, 15) is 38.0 Å². The molecule has 212 valence electrons. The summed E-state index contributed by atoms with van der Waals surface area (Å²) in [5, 5.41) is 23.7. The third kappa shape index (κ3) is 5.67. The Hall–Kier alpha value is -4.62. The summed E-state index contributed by atoms with van der Waals surface area (Å²) in [4.78, 5) is 34.9. The minimum atomic E-state index is -2.83. The number of nitro groups is 1. The summed E-state index contributed by atoms with van der Waals surface area (Å²) in [5.74, 6) is -1.80. The van der Waals surface area contributed by atoms with E-state index in [0.717, 1.165) is 28.8 Å². The quantitative estimate of drug-likeness (QED) is 0.153. The third-order valence-electron chi connectivity index (χ3n) is 6.91. The number of aliphatic carboxylic acids is 1. The normalized spacial score (nSPS) is 13.6. The van der Waals surface area contributed by atoms with Gasteiger partial charge in [-0.25, -0.2) is 4.39 Å². The van der Waals surface area contributed by atoms with Gasteiger partial charge in [0.15, 0.2) is 0 Å². The number of furan rings is 1. The molecule has 0 aliphatic heterocycles. The number of anilines is 1. The van der Waals surface area contributed by atoms with E-state index in [1.54, 1.807) is 12.1 Å². The molecular weight excluding hydrogens is 557 g/mol. The van der Waals surface area contributed by atoms with Crippen LogP contribution >= 0.6 is 0 Å². The lowest BCUT2D eigenvalue weighted by Gasteiger charge is -2.28. The van der Waals surface area contributed by atoms with E-state index >= 15 is 0 Å². The van der Waals surface area contributed by atoms with Crippen molar-refractivity contribution in [3.63, 3.8) is 0 Å². The van der Waals surface area contributed by atoms with Crippen LogP contribution < -0.4 is 9.62 Å². The summed E-state index contributed by atoms with van der Waals surface area (Å²) >= 11 is -2.83. The Morgan fingerprint density at radius 1 is 1.15 bits per heavy atom. The maximum absolute atomic E-state index is 13.6. The van der Waals surface area contributed by atoms with Gasteiger partial charge in [-0.3, -0.25) is 28.2 Å². The molecule has 1 aliphatic rings. The van der Waals surface area contributed by atoms with Crippen LogP contribution in [0.2, 0.25) is 0 Å². The number of nitro benzene ring substituents is 1. The number of nitrogens with zero attached hydrogens (tertiary/aromatic N) is 2. The molecule has 11 nitrogen and oxygen atoms in total. The summed E-state index contributed by atoms with van der Waals surface area (Å²) in [7, 11) is 1.48. The van der Waals surface area contributed by atoms with Crippen molar-refractivity contribution in [1.82, 2.24) is 5.32 Å². The lowest BCUT2D eigenvalue weighted by Crippen LogP contribution is -2.25. The van der Waals surface area contributed by atoms with Crippen molar-refractivity contribution in [2.45, 2.75) is 31.7 Å². The number of amides is 1. The van der Waals surface area contributed by atoms with E-state index in [2.05, 4.69) is 5.32 Å². The maximum atomic E-state index is 13.6. The smallest absolute Gasteiger partial charge is 0.308 e. The molecule has 1 saturated carbocycles. The predicted octanol–water partition coefficient (Wildman–Crippen LogP) is 4.81. The molecule has 0 spiro atoms. The van der Waals surface area contributed by atoms with Crippen LogP contribution in [0.15, 0.2) is 59.0 Å². The summed E-state index contributed by atoms with van der Waals surface area (Å²) in [6.07, 6.45) is 1.05. The molecular formula is C28H23FN3O8S-. The monoisotopic (exact) mass is 580 g/mol. The number of carbonyl (C=O) groups is 2. The van der Waals surface area contributed by atoms with Crippen molar-refractivity contribution in [1.29, 1.82) is 0 Å². The number of benzene rings is 3. The zero-order valence-electron chi connectivity index (χ0n) is 21.6. The number of carbonyl (C=O) groups excluding carboxylic acids is 1. The molecule has 0 saturated heterocycles. The highest BCUT2D eigenvalue weighted by atomic mass is 32.2. The van der Waals surface area contributed by atoms with Gasteiger partial charge in [0.05, 0.1) is 23.5 Å². The molecule has 1 fully saturated rings. The highest BCUT2D eigenvalue weighted by Gasteiger charge is 2.30. The second-order valence-corrected chi connectivity index (χ2v) is 10.5. The van der Waals surface area contributed by atoms with Gasteiger partial charge in [-0.2, -0.15) is 0 Å². The van der Waals surface area contributed by atoms with Crippen molar-refractivity contribution in [2.75, 3.05) is 11.4 Å². The zero-order chi connectivity index (χ0) is 29.4. The largest absolute Gasteiger partial charge is 0.755 e. The van der Waals surface area contributed by atoms with E-state index in [4.69, 9.17) is 4.42 Å². The van der Waals surface area contributed by atoms with E-state index in [1.807, 2.05) is 0 Å². The summed E-state index contributed by atoms with van der Waals surface area (Å²) in [6.45, 7) is -0.176. The van der Waals surface area contributed by atoms with Crippen molar-refractivity contribution >= 4 is 45.5 Å². The molecule has 1 heterocycles. The Labute approximate surface area is 235 Å². The maximum Gasteiger partial charge on any atom is 0.308 e. The van der Waals surface area contributed by atoms with Crippen LogP contribution in [-0.2, 0) is 29.0 Å². The van der Waals surface area contributed by atoms with Crippen molar-refractivity contribution in [3.05, 3.63) is 92.8 Å². The van der Waals surface area contributed by atoms with Gasteiger partial charge in [-0.05, 0) is 78.4 Å². The fraction of sp³-hybridized carbons (Fsp3) is 0.214. The highest BCUT2D eigenvalue weighted by Crippen LogP contribution is 2.45. The Bertz CT molecular complexity index is 1720. The van der Waals surface area contributed by atoms with Crippen LogP contribution in [0.1, 0.15) is 45.8 Å². The lowest BCUT2D eigenvalue weighted by atomic mass is 9.97. The van der Waals surface area contributed by atoms with Gasteiger partial charge in [0.2, 0.25) is 0 Å². The van der Waals surface area contributed by atoms with Gasteiger partial charge in [-0.1, -0.05) is 0 Å². The number of hydrogen-bond acceptors (Lipinski definition) is 7. The summed E-state index contributed by atoms with van der Waals surface area (Å²) in [5.41, 5.74) is 1.95. The Morgan fingerprint density at radius 3 is 2.44 bits per heavy atom. The van der Waals surface area contributed by atoms with Gasteiger partial charge < -0.3 is 19.4 Å². The van der Waals surface area contributed by atoms with Gasteiger partial charge >= 0.3 is 5.97 Å². The highest BCUT2D eigenvalue weighted by molar-refractivity contribution is 7.80. The topological polar surface area (TPSA) is 166 Å². The van der Waals surface area contributed by atoms with E-state index in [1.165, 1.54) is 43.4 Å². The molecule has 0 radical (unpaired) electrons. The van der Waals surface area contributed by atoms with Crippen LogP contribution in [0.5, 0.6) is 0 Å². The molecule has 3 aromatic carbocycles. The standard InChI is InChI=1S/C28H24FN3O8S/c1-30-28(35)26-22-13-21(15-2-3-15)18(11-24(22)40-27(26)16-4-6-19(29)7-5-16)14-31(41(38)39)20-8-9-23(32(36)37)17(10-20)12-25(33)34/h4-11,13,15H,2-3,12,14H2,1H3,(H,30,35)(H,33,34)(H,38,39)/p-1. The summed E-state index contributed by atoms with van der Waals surface area (Å²) < 4.78 is 45.4. The minimum absolute atomic E-state index is 0.0551. The van der Waals surface area contributed by atoms with Gasteiger partial charge in [0.1, 0.15) is 17.2 Å². The lowest BCUT2D eigenvalue weighted by molar-refractivity contribution is -0.385. The number of fused-ring (bicyclic) bond motifs is 1. The molecule has 2 N–H and O–H groups in total. The Kier molecular flexibility index (Phi) is 7.56. The number of carboxylic acids is 1. The van der Waals surface area contributed by atoms with Crippen LogP contribution in [0.4, 0.5) is 15.8 Å². The molecule has 5 rings (SSSR count).